The summed E-state index contributed by atoms with van der Waals surface area (Å²) in [4.78, 5) is 20.0. The zero-order chi connectivity index (χ0) is 23.7. The van der Waals surface area contributed by atoms with Crippen molar-refractivity contribution in [3.8, 4) is 0 Å². The highest BCUT2D eigenvalue weighted by molar-refractivity contribution is 5.79. The second-order valence-electron chi connectivity index (χ2n) is 7.44. The van der Waals surface area contributed by atoms with Gasteiger partial charge in [0.05, 0.1) is 6.21 Å². The Morgan fingerprint density at radius 2 is 1.29 bits per heavy atom. The SMILES string of the molecule is C(=N\Nc1nc(Nc2ccccc2)nc(N(c2ccccc2)c2ccccc2)n1)/c1cccnc1. The van der Waals surface area contributed by atoms with Crippen LogP contribution in [0.4, 0.5) is 34.9 Å². The van der Waals surface area contributed by atoms with Gasteiger partial charge in [0.2, 0.25) is 17.8 Å². The average Bonchev–Trinajstić information content (AvgIpc) is 2.91. The summed E-state index contributed by atoms with van der Waals surface area (Å²) in [7, 11) is 0. The quantitative estimate of drug-likeness (QED) is 0.220. The molecule has 0 spiro atoms. The molecule has 0 unspecified atom stereocenters. The van der Waals surface area contributed by atoms with E-state index in [1.165, 1.54) is 0 Å². The van der Waals surface area contributed by atoms with Crippen LogP contribution in [0.5, 0.6) is 0 Å². The van der Waals surface area contributed by atoms with Crippen molar-refractivity contribution in [2.75, 3.05) is 15.6 Å². The van der Waals surface area contributed by atoms with Crippen molar-refractivity contribution >= 4 is 41.1 Å². The Morgan fingerprint density at radius 3 is 1.91 bits per heavy atom. The van der Waals surface area contributed by atoms with Crippen LogP contribution in [0.3, 0.4) is 0 Å². The number of hydrogen-bond acceptors (Lipinski definition) is 8. The molecule has 35 heavy (non-hydrogen) atoms. The van der Waals surface area contributed by atoms with Crippen LogP contribution in [-0.2, 0) is 0 Å². The van der Waals surface area contributed by atoms with E-state index in [-0.39, 0.29) is 0 Å². The van der Waals surface area contributed by atoms with E-state index in [9.17, 15) is 0 Å². The number of hydrogen-bond donors (Lipinski definition) is 2. The van der Waals surface area contributed by atoms with Gasteiger partial charge < -0.3 is 5.32 Å². The number of pyridine rings is 1. The molecule has 8 nitrogen and oxygen atoms in total. The molecule has 3 aromatic carbocycles. The van der Waals surface area contributed by atoms with Crippen LogP contribution in [0.15, 0.2) is 121 Å². The summed E-state index contributed by atoms with van der Waals surface area (Å²) in [6.07, 6.45) is 5.10. The summed E-state index contributed by atoms with van der Waals surface area (Å²) in [5.74, 6) is 1.12. The molecule has 0 radical (unpaired) electrons. The summed E-state index contributed by atoms with van der Waals surface area (Å²) in [5, 5.41) is 7.55. The van der Waals surface area contributed by atoms with E-state index in [1.54, 1.807) is 18.6 Å². The minimum atomic E-state index is 0.297. The highest BCUT2D eigenvalue weighted by atomic mass is 15.4. The van der Waals surface area contributed by atoms with Crippen molar-refractivity contribution < 1.29 is 0 Å². The van der Waals surface area contributed by atoms with Crippen LogP contribution < -0.4 is 15.6 Å². The number of nitrogens with zero attached hydrogens (tertiary/aromatic N) is 6. The molecular weight excluding hydrogens is 436 g/mol. The Labute approximate surface area is 203 Å². The molecule has 8 heteroatoms. The van der Waals surface area contributed by atoms with Gasteiger partial charge in [0.25, 0.3) is 0 Å². The fraction of sp³-hybridized carbons (Fsp3) is 0. The van der Waals surface area contributed by atoms with E-state index in [4.69, 9.17) is 4.98 Å². The second kappa shape index (κ2) is 10.7. The number of anilines is 6. The van der Waals surface area contributed by atoms with E-state index in [0.29, 0.717) is 17.8 Å². The van der Waals surface area contributed by atoms with Gasteiger partial charge >= 0.3 is 0 Å². The molecule has 0 saturated heterocycles. The summed E-state index contributed by atoms with van der Waals surface area (Å²) in [5.41, 5.74) is 6.48. The molecule has 0 aliphatic heterocycles. The lowest BCUT2D eigenvalue weighted by Gasteiger charge is -2.23. The van der Waals surface area contributed by atoms with Crippen molar-refractivity contribution in [2.45, 2.75) is 0 Å². The predicted molar refractivity (Wildman–Crippen MR) is 140 cm³/mol. The fourth-order valence-corrected chi connectivity index (χ4v) is 3.37. The van der Waals surface area contributed by atoms with Crippen LogP contribution in [0, 0.1) is 0 Å². The van der Waals surface area contributed by atoms with Crippen LogP contribution >= 0.6 is 0 Å². The minimum Gasteiger partial charge on any atom is -0.324 e. The molecular formula is C27H22N8. The zero-order valence-electron chi connectivity index (χ0n) is 18.7. The molecule has 5 aromatic rings. The standard InChI is InChI=1S/C27H22N8/c1-4-12-22(13-5-1)30-25-31-26(34-29-20-21-11-10-18-28-19-21)33-27(32-25)35(23-14-6-2-7-15-23)24-16-8-3-9-17-24/h1-20H,(H2,30,31,32,33,34)/b29-20+. The van der Waals surface area contributed by atoms with Crippen LogP contribution in [0.2, 0.25) is 0 Å². The molecule has 2 aromatic heterocycles. The maximum absolute atomic E-state index is 4.74. The molecule has 0 fully saturated rings. The molecule has 0 aliphatic rings. The monoisotopic (exact) mass is 458 g/mol. The minimum absolute atomic E-state index is 0.297. The lowest BCUT2D eigenvalue weighted by molar-refractivity contribution is 1.00. The molecule has 0 aliphatic carbocycles. The third-order valence-corrected chi connectivity index (χ3v) is 4.94. The van der Waals surface area contributed by atoms with Crippen molar-refractivity contribution in [1.82, 2.24) is 19.9 Å². The molecule has 2 N–H and O–H groups in total. The van der Waals surface area contributed by atoms with Gasteiger partial charge in [-0.2, -0.15) is 20.1 Å². The third-order valence-electron chi connectivity index (χ3n) is 4.94. The van der Waals surface area contributed by atoms with Gasteiger partial charge in [-0.15, -0.1) is 0 Å². The van der Waals surface area contributed by atoms with Gasteiger partial charge in [-0.05, 0) is 42.5 Å². The van der Waals surface area contributed by atoms with Gasteiger partial charge in [-0.3, -0.25) is 9.88 Å². The first kappa shape index (κ1) is 21.7. The Hall–Kier alpha value is -5.11. The lowest BCUT2D eigenvalue weighted by atomic mass is 10.2. The smallest absolute Gasteiger partial charge is 0.250 e. The number of benzene rings is 3. The Bertz CT molecular complexity index is 1340. The van der Waals surface area contributed by atoms with Gasteiger partial charge in [0, 0.05) is 35.0 Å². The van der Waals surface area contributed by atoms with E-state index in [2.05, 4.69) is 30.8 Å². The predicted octanol–water partition coefficient (Wildman–Crippen LogP) is 5.93. The Morgan fingerprint density at radius 1 is 0.657 bits per heavy atom. The van der Waals surface area contributed by atoms with Crippen LogP contribution in [0.1, 0.15) is 5.56 Å². The highest BCUT2D eigenvalue weighted by Crippen LogP contribution is 2.32. The van der Waals surface area contributed by atoms with Crippen molar-refractivity contribution in [3.63, 3.8) is 0 Å². The first-order valence-electron chi connectivity index (χ1n) is 11.0. The van der Waals surface area contributed by atoms with Crippen molar-refractivity contribution in [3.05, 3.63) is 121 Å². The summed E-state index contributed by atoms with van der Waals surface area (Å²) >= 11 is 0. The Kier molecular flexibility index (Phi) is 6.62. The maximum Gasteiger partial charge on any atom is 0.250 e. The first-order valence-corrected chi connectivity index (χ1v) is 11.0. The molecule has 0 atom stereocenters. The normalized spacial score (nSPS) is 10.7. The van der Waals surface area contributed by atoms with Gasteiger partial charge in [0.1, 0.15) is 0 Å². The molecule has 0 amide bonds. The molecule has 0 saturated carbocycles. The van der Waals surface area contributed by atoms with Gasteiger partial charge in [0.15, 0.2) is 0 Å². The molecule has 2 heterocycles. The summed E-state index contributed by atoms with van der Waals surface area (Å²) in [6.45, 7) is 0. The third kappa shape index (κ3) is 5.63. The summed E-state index contributed by atoms with van der Waals surface area (Å²) < 4.78 is 0. The van der Waals surface area contributed by atoms with Gasteiger partial charge in [-0.25, -0.2) is 5.43 Å². The highest BCUT2D eigenvalue weighted by Gasteiger charge is 2.17. The van der Waals surface area contributed by atoms with E-state index in [0.717, 1.165) is 22.6 Å². The number of hydrazone groups is 1. The number of aromatic nitrogens is 4. The molecule has 170 valence electrons. The van der Waals surface area contributed by atoms with E-state index >= 15 is 0 Å². The second-order valence-corrected chi connectivity index (χ2v) is 7.44. The first-order chi connectivity index (χ1) is 17.3. The largest absolute Gasteiger partial charge is 0.324 e. The van der Waals surface area contributed by atoms with Gasteiger partial charge in [-0.1, -0.05) is 60.7 Å². The molecule has 0 bridgehead atoms. The Balaban J connectivity index is 1.55. The average molecular weight is 459 g/mol. The van der Waals surface area contributed by atoms with Crippen LogP contribution in [0.25, 0.3) is 0 Å². The lowest BCUT2D eigenvalue weighted by Crippen LogP contribution is -2.16. The number of para-hydroxylation sites is 3. The van der Waals surface area contributed by atoms with E-state index < -0.39 is 0 Å². The van der Waals surface area contributed by atoms with Crippen LogP contribution in [-0.4, -0.2) is 26.2 Å². The fourth-order valence-electron chi connectivity index (χ4n) is 3.37. The van der Waals surface area contributed by atoms with E-state index in [1.807, 2.05) is 108 Å². The number of rotatable bonds is 8. The topological polar surface area (TPSA) is 91.2 Å². The number of nitrogens with one attached hydrogen (secondary N) is 2. The van der Waals surface area contributed by atoms with Crippen molar-refractivity contribution in [2.24, 2.45) is 5.10 Å². The zero-order valence-corrected chi connectivity index (χ0v) is 18.7. The molecule has 5 rings (SSSR count). The van der Waals surface area contributed by atoms with Crippen molar-refractivity contribution in [1.29, 1.82) is 0 Å². The maximum atomic E-state index is 4.74. The summed E-state index contributed by atoms with van der Waals surface area (Å²) in [6, 6.07) is 33.4.